The number of carbonyl (C=O) groups is 2. The molecule has 0 aliphatic carbocycles. The second-order valence-corrected chi connectivity index (χ2v) is 6.95. The van der Waals surface area contributed by atoms with Crippen molar-refractivity contribution >= 4 is 62.8 Å². The first kappa shape index (κ1) is 20.1. The van der Waals surface area contributed by atoms with Gasteiger partial charge >= 0.3 is 0 Å². The predicted molar refractivity (Wildman–Crippen MR) is 111 cm³/mol. The summed E-state index contributed by atoms with van der Waals surface area (Å²) in [7, 11) is 0. The van der Waals surface area contributed by atoms with Crippen LogP contribution in [0.5, 0.6) is 0 Å². The highest BCUT2D eigenvalue weighted by Crippen LogP contribution is 2.17. The fourth-order valence-electron chi connectivity index (χ4n) is 1.85. The summed E-state index contributed by atoms with van der Waals surface area (Å²) in [5.74, 6) is -0.802. The average molecular weight is 453 g/mol. The molecule has 0 atom stereocenters. The van der Waals surface area contributed by atoms with E-state index in [9.17, 15) is 9.59 Å². The summed E-state index contributed by atoms with van der Waals surface area (Å²) in [5.41, 5.74) is 7.20. The number of thiocarbonyl (C=S) groups is 1. The van der Waals surface area contributed by atoms with E-state index >= 15 is 0 Å². The first-order valence-electron chi connectivity index (χ1n) is 7.46. The fraction of sp³-hybridized carbons (Fsp3) is 0.0556. The quantitative estimate of drug-likeness (QED) is 0.377. The van der Waals surface area contributed by atoms with Crippen molar-refractivity contribution in [2.75, 3.05) is 0 Å². The summed E-state index contributed by atoms with van der Waals surface area (Å²) in [5, 5.41) is 3.03. The summed E-state index contributed by atoms with van der Waals surface area (Å²) in [6.07, 6.45) is 2.95. The lowest BCUT2D eigenvalue weighted by molar-refractivity contribution is -0.115. The topological polar surface area (TPSA) is 70.2 Å². The van der Waals surface area contributed by atoms with Crippen LogP contribution < -0.4 is 16.2 Å². The van der Waals surface area contributed by atoms with E-state index in [-0.39, 0.29) is 11.0 Å². The molecule has 26 heavy (non-hydrogen) atoms. The zero-order valence-electron chi connectivity index (χ0n) is 13.7. The van der Waals surface area contributed by atoms with E-state index in [1.165, 1.54) is 6.08 Å². The summed E-state index contributed by atoms with van der Waals surface area (Å²) in [6.45, 7) is 1.92. The number of hydrazine groups is 1. The Bertz CT molecular complexity index is 869. The van der Waals surface area contributed by atoms with Crippen molar-refractivity contribution in [3.63, 3.8) is 0 Å². The van der Waals surface area contributed by atoms with Gasteiger partial charge in [-0.1, -0.05) is 45.7 Å². The Kier molecular flexibility index (Phi) is 7.32. The number of hydrogen-bond acceptors (Lipinski definition) is 3. The second-order valence-electron chi connectivity index (χ2n) is 5.25. The van der Waals surface area contributed by atoms with E-state index in [1.807, 2.05) is 13.0 Å². The molecule has 2 rings (SSSR count). The molecule has 0 fully saturated rings. The van der Waals surface area contributed by atoms with E-state index in [4.69, 9.17) is 23.8 Å². The number of carbonyl (C=O) groups excluding carboxylic acids is 2. The molecular formula is C18H15BrClN3O2S. The lowest BCUT2D eigenvalue weighted by Gasteiger charge is -2.10. The number of halogens is 2. The summed E-state index contributed by atoms with van der Waals surface area (Å²) >= 11 is 14.1. The number of hydrogen-bond donors (Lipinski definition) is 3. The first-order chi connectivity index (χ1) is 12.3. The fourth-order valence-corrected chi connectivity index (χ4v) is 2.51. The van der Waals surface area contributed by atoms with Crippen LogP contribution in [0.2, 0.25) is 5.02 Å². The highest BCUT2D eigenvalue weighted by atomic mass is 79.9. The zero-order chi connectivity index (χ0) is 19.1. The van der Waals surface area contributed by atoms with Crippen LogP contribution in [0.1, 0.15) is 21.5 Å². The zero-order valence-corrected chi connectivity index (χ0v) is 16.8. The van der Waals surface area contributed by atoms with Crippen LogP contribution in [0.25, 0.3) is 6.08 Å². The minimum absolute atomic E-state index is 0.0183. The van der Waals surface area contributed by atoms with Gasteiger partial charge < -0.3 is 0 Å². The molecule has 0 saturated heterocycles. The molecule has 0 aliphatic heterocycles. The predicted octanol–water partition coefficient (Wildman–Crippen LogP) is 3.76. The minimum Gasteiger partial charge on any atom is -0.298 e. The first-order valence-corrected chi connectivity index (χ1v) is 9.04. The van der Waals surface area contributed by atoms with E-state index in [1.54, 1.807) is 42.5 Å². The average Bonchev–Trinajstić information content (AvgIpc) is 2.61. The van der Waals surface area contributed by atoms with Crippen LogP contribution in [-0.4, -0.2) is 16.9 Å². The van der Waals surface area contributed by atoms with Gasteiger partial charge in [-0.15, -0.1) is 0 Å². The summed E-state index contributed by atoms with van der Waals surface area (Å²) < 4.78 is 0.827. The van der Waals surface area contributed by atoms with Crippen molar-refractivity contribution in [1.82, 2.24) is 16.2 Å². The smallest absolute Gasteiger partial charge is 0.269 e. The van der Waals surface area contributed by atoms with Gasteiger partial charge in [0.2, 0.25) is 5.91 Å². The maximum absolute atomic E-state index is 12.0. The molecule has 0 aliphatic rings. The van der Waals surface area contributed by atoms with E-state index in [0.29, 0.717) is 10.6 Å². The third-order valence-corrected chi connectivity index (χ3v) is 4.57. The third-order valence-electron chi connectivity index (χ3n) is 3.26. The molecule has 5 nitrogen and oxygen atoms in total. The van der Waals surface area contributed by atoms with E-state index in [0.717, 1.165) is 15.6 Å². The summed E-state index contributed by atoms with van der Waals surface area (Å²) in [6, 6.07) is 12.2. The van der Waals surface area contributed by atoms with Crippen molar-refractivity contribution < 1.29 is 9.59 Å². The Balaban J connectivity index is 1.82. The van der Waals surface area contributed by atoms with E-state index in [2.05, 4.69) is 32.1 Å². The van der Waals surface area contributed by atoms with Crippen molar-refractivity contribution in [2.45, 2.75) is 6.92 Å². The van der Waals surface area contributed by atoms with Crippen molar-refractivity contribution in [3.8, 4) is 0 Å². The third kappa shape index (κ3) is 6.25. The molecule has 0 heterocycles. The Labute approximate surface area is 169 Å². The molecule has 2 amide bonds. The number of nitrogens with one attached hydrogen (secondary N) is 3. The number of aryl methyl sites for hydroxylation is 1. The number of rotatable bonds is 3. The molecule has 0 aromatic heterocycles. The molecule has 8 heteroatoms. The van der Waals surface area contributed by atoms with Crippen LogP contribution >= 0.6 is 39.7 Å². The van der Waals surface area contributed by atoms with Crippen molar-refractivity contribution in [1.29, 1.82) is 0 Å². The highest BCUT2D eigenvalue weighted by Gasteiger charge is 2.08. The Morgan fingerprint density at radius 3 is 2.46 bits per heavy atom. The van der Waals surface area contributed by atoms with Crippen LogP contribution in [-0.2, 0) is 4.79 Å². The maximum atomic E-state index is 12.0. The monoisotopic (exact) mass is 451 g/mol. The van der Waals surface area contributed by atoms with Crippen LogP contribution in [0.3, 0.4) is 0 Å². The molecule has 0 radical (unpaired) electrons. The maximum Gasteiger partial charge on any atom is 0.269 e. The van der Waals surface area contributed by atoms with Crippen LogP contribution in [0.15, 0.2) is 53.0 Å². The second kappa shape index (κ2) is 9.47. The van der Waals surface area contributed by atoms with Gasteiger partial charge in [-0.2, -0.15) is 0 Å². The van der Waals surface area contributed by atoms with Gasteiger partial charge in [0.1, 0.15) is 0 Å². The molecule has 0 saturated carbocycles. The number of benzene rings is 2. The molecule has 134 valence electrons. The Morgan fingerprint density at radius 1 is 1.12 bits per heavy atom. The molecule has 0 unspecified atom stereocenters. The number of amides is 2. The van der Waals surface area contributed by atoms with Gasteiger partial charge in [-0.3, -0.25) is 25.8 Å². The van der Waals surface area contributed by atoms with Crippen LogP contribution in [0, 0.1) is 6.92 Å². The van der Waals surface area contributed by atoms with Crippen LogP contribution in [0.4, 0.5) is 0 Å². The molecule has 2 aromatic carbocycles. The minimum atomic E-state index is -0.426. The lowest BCUT2D eigenvalue weighted by atomic mass is 10.1. The summed E-state index contributed by atoms with van der Waals surface area (Å²) in [4.78, 5) is 23.9. The Hall–Kier alpha value is -2.22. The lowest BCUT2D eigenvalue weighted by Crippen LogP contribution is -2.48. The normalized spacial score (nSPS) is 10.4. The van der Waals surface area contributed by atoms with Gasteiger partial charge in [0.05, 0.1) is 0 Å². The van der Waals surface area contributed by atoms with Gasteiger partial charge in [-0.05, 0) is 60.6 Å². The highest BCUT2D eigenvalue weighted by molar-refractivity contribution is 9.10. The van der Waals surface area contributed by atoms with Gasteiger partial charge in [0.15, 0.2) is 5.11 Å². The molecule has 0 spiro atoms. The molecular weight excluding hydrogens is 438 g/mol. The van der Waals surface area contributed by atoms with Gasteiger partial charge in [0.25, 0.3) is 5.91 Å². The van der Waals surface area contributed by atoms with Gasteiger partial charge in [-0.25, -0.2) is 0 Å². The Morgan fingerprint density at radius 2 is 1.81 bits per heavy atom. The van der Waals surface area contributed by atoms with E-state index < -0.39 is 5.91 Å². The largest absolute Gasteiger partial charge is 0.298 e. The SMILES string of the molecule is Cc1ccc(C(=O)NNC(=S)NC(=O)/C=C/c2ccc(Cl)cc2)cc1Br. The molecule has 0 bridgehead atoms. The molecule has 3 N–H and O–H groups in total. The molecule has 2 aromatic rings. The van der Waals surface area contributed by atoms with Crippen molar-refractivity contribution in [2.24, 2.45) is 0 Å². The van der Waals surface area contributed by atoms with Gasteiger partial charge in [0, 0.05) is 21.1 Å². The standard InChI is InChI=1S/C18H15BrClN3O2S/c1-11-2-6-13(10-15(11)19)17(25)22-23-18(26)21-16(24)9-5-12-3-7-14(20)8-4-12/h2-10H,1H3,(H,22,25)(H2,21,23,24,26)/b9-5+. The van der Waals surface area contributed by atoms with Crippen molar-refractivity contribution in [3.05, 3.63) is 74.7 Å².